The van der Waals surface area contributed by atoms with E-state index in [9.17, 15) is 19.7 Å². The molecule has 2 aliphatic heterocycles. The molecule has 0 unspecified atom stereocenters. The van der Waals surface area contributed by atoms with Gasteiger partial charge in [-0.25, -0.2) is 4.98 Å². The number of anilines is 1. The van der Waals surface area contributed by atoms with Crippen molar-refractivity contribution in [3.8, 4) is 0 Å². The number of rotatable bonds is 8. The Balaban J connectivity index is 1.62. The molecule has 0 N–H and O–H groups in total. The van der Waals surface area contributed by atoms with E-state index in [2.05, 4.69) is 9.88 Å². The van der Waals surface area contributed by atoms with E-state index in [1.54, 1.807) is 13.3 Å². The third-order valence-electron chi connectivity index (χ3n) is 5.81. The zero-order valence-electron chi connectivity index (χ0n) is 18.3. The molecule has 0 atom stereocenters. The topological polar surface area (TPSA) is 109 Å². The number of non-ortho nitro benzene ring substituents is 1. The highest BCUT2D eigenvalue weighted by atomic mass is 16.6. The quantitative estimate of drug-likeness (QED) is 0.259. The normalized spacial score (nSPS) is 16.7. The van der Waals surface area contributed by atoms with Crippen LogP contribution in [0.1, 0.15) is 12.0 Å². The van der Waals surface area contributed by atoms with Crippen LogP contribution in [0.3, 0.4) is 0 Å². The van der Waals surface area contributed by atoms with Crippen LogP contribution in [-0.2, 0) is 14.3 Å². The summed E-state index contributed by atoms with van der Waals surface area (Å²) in [5, 5.41) is 11.0. The predicted octanol–water partition coefficient (Wildman–Crippen LogP) is 1.93. The molecule has 2 aliphatic rings. The minimum absolute atomic E-state index is 0.0707. The highest BCUT2D eigenvalue weighted by Crippen LogP contribution is 2.33. The Bertz CT molecular complexity index is 1060. The van der Waals surface area contributed by atoms with E-state index in [1.807, 2.05) is 23.1 Å². The van der Waals surface area contributed by atoms with Gasteiger partial charge >= 0.3 is 0 Å². The number of carbonyl (C=O) groups is 2. The van der Waals surface area contributed by atoms with Crippen molar-refractivity contribution in [2.75, 3.05) is 51.3 Å². The lowest BCUT2D eigenvalue weighted by Crippen LogP contribution is -2.48. The van der Waals surface area contributed by atoms with Crippen molar-refractivity contribution >= 4 is 28.9 Å². The van der Waals surface area contributed by atoms with Crippen LogP contribution in [0.15, 0.2) is 54.4 Å². The number of pyridine rings is 1. The first-order chi connectivity index (χ1) is 16.0. The Kier molecular flexibility index (Phi) is 6.64. The molecular weight excluding hydrogens is 426 g/mol. The Morgan fingerprint density at radius 3 is 2.30 bits per heavy atom. The number of piperazine rings is 1. The molecule has 0 bridgehead atoms. The fraction of sp³-hybridized carbons (Fsp3) is 0.348. The maximum Gasteiger partial charge on any atom is 0.277 e. The number of amides is 2. The summed E-state index contributed by atoms with van der Waals surface area (Å²) < 4.78 is 5.07. The second-order valence-corrected chi connectivity index (χ2v) is 7.80. The number of hydrogen-bond donors (Lipinski definition) is 0. The lowest BCUT2D eigenvalue weighted by molar-refractivity contribution is -0.384. The van der Waals surface area contributed by atoms with Crippen molar-refractivity contribution in [3.05, 3.63) is 70.0 Å². The molecule has 0 radical (unpaired) electrons. The van der Waals surface area contributed by atoms with Crippen LogP contribution in [0.5, 0.6) is 0 Å². The van der Waals surface area contributed by atoms with E-state index in [-0.39, 0.29) is 24.0 Å². The van der Waals surface area contributed by atoms with E-state index in [0.717, 1.165) is 5.82 Å². The summed E-state index contributed by atoms with van der Waals surface area (Å²) >= 11 is 0. The van der Waals surface area contributed by atoms with Crippen LogP contribution >= 0.6 is 0 Å². The summed E-state index contributed by atoms with van der Waals surface area (Å²) in [6, 6.07) is 11.5. The van der Waals surface area contributed by atoms with Gasteiger partial charge in [-0.2, -0.15) is 0 Å². The number of nitrogens with zero attached hydrogens (tertiary/aromatic N) is 5. The molecule has 10 heteroatoms. The Morgan fingerprint density at radius 2 is 1.70 bits per heavy atom. The third-order valence-corrected chi connectivity index (χ3v) is 5.81. The van der Waals surface area contributed by atoms with Gasteiger partial charge in [-0.05, 0) is 36.2 Å². The molecule has 2 amide bonds. The first kappa shape index (κ1) is 22.4. The fourth-order valence-electron chi connectivity index (χ4n) is 4.14. The Hall–Kier alpha value is -3.79. The number of nitro groups is 1. The summed E-state index contributed by atoms with van der Waals surface area (Å²) in [5.41, 5.74) is 1.07. The predicted molar refractivity (Wildman–Crippen MR) is 121 cm³/mol. The number of nitro benzene ring substituents is 1. The second kappa shape index (κ2) is 9.78. The summed E-state index contributed by atoms with van der Waals surface area (Å²) in [5.74, 6) is 0.152. The molecule has 1 aromatic carbocycles. The Morgan fingerprint density at radius 1 is 1.00 bits per heavy atom. The second-order valence-electron chi connectivity index (χ2n) is 7.80. The summed E-state index contributed by atoms with van der Waals surface area (Å²) in [7, 11) is 1.57. The van der Waals surface area contributed by atoms with Gasteiger partial charge in [0.2, 0.25) is 0 Å². The van der Waals surface area contributed by atoms with Crippen molar-refractivity contribution in [3.63, 3.8) is 0 Å². The number of imide groups is 1. The zero-order chi connectivity index (χ0) is 23.4. The molecule has 4 rings (SSSR count). The lowest BCUT2D eigenvalue weighted by Gasteiger charge is -2.37. The minimum Gasteiger partial charge on any atom is -0.385 e. The summed E-state index contributed by atoms with van der Waals surface area (Å²) in [6.07, 6.45) is 2.27. The number of carbonyl (C=O) groups excluding carboxylic acids is 2. The first-order valence-electron chi connectivity index (χ1n) is 10.8. The van der Waals surface area contributed by atoms with Crippen LogP contribution in [0.2, 0.25) is 0 Å². The molecule has 1 saturated heterocycles. The summed E-state index contributed by atoms with van der Waals surface area (Å²) in [6.45, 7) is 3.08. The third kappa shape index (κ3) is 4.56. The molecule has 172 valence electrons. The van der Waals surface area contributed by atoms with Crippen molar-refractivity contribution in [1.82, 2.24) is 14.8 Å². The SMILES string of the molecule is COCCCN1C(=O)C(c2ccc([N+](=O)[O-])cc2)=C(N2CCN(c3ccccn3)CC2)C1=O. The van der Waals surface area contributed by atoms with Gasteiger partial charge in [0.25, 0.3) is 17.5 Å². The van der Waals surface area contributed by atoms with Crippen LogP contribution in [-0.4, -0.2) is 78.0 Å². The molecule has 0 aliphatic carbocycles. The monoisotopic (exact) mass is 451 g/mol. The van der Waals surface area contributed by atoms with Gasteiger partial charge in [0.05, 0.1) is 10.5 Å². The Labute approximate surface area is 191 Å². The number of ether oxygens (including phenoxy) is 1. The van der Waals surface area contributed by atoms with Gasteiger partial charge < -0.3 is 14.5 Å². The van der Waals surface area contributed by atoms with Crippen LogP contribution in [0.25, 0.3) is 5.57 Å². The van der Waals surface area contributed by atoms with E-state index in [4.69, 9.17) is 4.74 Å². The molecule has 1 fully saturated rings. The van der Waals surface area contributed by atoms with Gasteiger partial charge in [-0.1, -0.05) is 6.07 Å². The van der Waals surface area contributed by atoms with Gasteiger partial charge in [0.15, 0.2) is 0 Å². The van der Waals surface area contributed by atoms with E-state index < -0.39 is 4.92 Å². The highest BCUT2D eigenvalue weighted by Gasteiger charge is 2.42. The average Bonchev–Trinajstić information content (AvgIpc) is 3.09. The molecule has 33 heavy (non-hydrogen) atoms. The van der Waals surface area contributed by atoms with E-state index in [1.165, 1.54) is 29.2 Å². The lowest BCUT2D eigenvalue weighted by atomic mass is 10.0. The van der Waals surface area contributed by atoms with Crippen molar-refractivity contribution < 1.29 is 19.2 Å². The average molecular weight is 451 g/mol. The number of methoxy groups -OCH3 is 1. The molecule has 2 aromatic rings. The molecule has 10 nitrogen and oxygen atoms in total. The van der Waals surface area contributed by atoms with Gasteiger partial charge in [-0.3, -0.25) is 24.6 Å². The summed E-state index contributed by atoms with van der Waals surface area (Å²) in [4.78, 5) is 46.9. The van der Waals surface area contributed by atoms with Gasteiger partial charge in [0, 0.05) is 64.8 Å². The smallest absolute Gasteiger partial charge is 0.277 e. The highest BCUT2D eigenvalue weighted by molar-refractivity contribution is 6.35. The molecule has 0 saturated carbocycles. The maximum absolute atomic E-state index is 13.4. The van der Waals surface area contributed by atoms with E-state index >= 15 is 0 Å². The number of hydrogen-bond acceptors (Lipinski definition) is 8. The fourth-order valence-corrected chi connectivity index (χ4v) is 4.14. The molecule has 3 heterocycles. The standard InChI is InChI=1S/C23H25N5O5/c1-33-16-4-11-27-22(29)20(17-6-8-18(9-7-17)28(31)32)21(23(27)30)26-14-12-25(13-15-26)19-5-2-3-10-24-19/h2-3,5-10H,4,11-16H2,1H3. The number of aromatic nitrogens is 1. The van der Waals surface area contributed by atoms with Crippen LogP contribution in [0, 0.1) is 10.1 Å². The molecule has 0 spiro atoms. The van der Waals surface area contributed by atoms with Crippen LogP contribution < -0.4 is 4.90 Å². The van der Waals surface area contributed by atoms with Gasteiger partial charge in [0.1, 0.15) is 11.5 Å². The maximum atomic E-state index is 13.4. The van der Waals surface area contributed by atoms with Crippen molar-refractivity contribution in [1.29, 1.82) is 0 Å². The molecule has 1 aromatic heterocycles. The molecular formula is C23H25N5O5. The van der Waals surface area contributed by atoms with Crippen LogP contribution in [0.4, 0.5) is 11.5 Å². The van der Waals surface area contributed by atoms with Gasteiger partial charge in [-0.15, -0.1) is 0 Å². The number of benzene rings is 1. The largest absolute Gasteiger partial charge is 0.385 e. The zero-order valence-corrected chi connectivity index (χ0v) is 18.3. The van der Waals surface area contributed by atoms with Crippen molar-refractivity contribution in [2.45, 2.75) is 6.42 Å². The minimum atomic E-state index is -0.491. The van der Waals surface area contributed by atoms with Crippen molar-refractivity contribution in [2.24, 2.45) is 0 Å². The van der Waals surface area contributed by atoms with E-state index in [0.29, 0.717) is 56.0 Å². The first-order valence-corrected chi connectivity index (χ1v) is 10.8.